The summed E-state index contributed by atoms with van der Waals surface area (Å²) in [6, 6.07) is 23.6. The summed E-state index contributed by atoms with van der Waals surface area (Å²) in [7, 11) is 0. The van der Waals surface area contributed by atoms with Gasteiger partial charge in [0.15, 0.2) is 0 Å². The number of azide groups is 1. The van der Waals surface area contributed by atoms with E-state index in [4.69, 9.17) is 5.53 Å². The molecular weight excluding hydrogens is 322 g/mol. The Morgan fingerprint density at radius 1 is 0.769 bits per heavy atom. The van der Waals surface area contributed by atoms with Crippen LogP contribution in [-0.2, 0) is 0 Å². The second kappa shape index (κ2) is 5.60. The van der Waals surface area contributed by atoms with E-state index in [0.29, 0.717) is 0 Å². The first-order valence-electron chi connectivity index (χ1n) is 8.56. The fourth-order valence-electron chi connectivity index (χ4n) is 4.25. The van der Waals surface area contributed by atoms with Gasteiger partial charge in [-0.1, -0.05) is 77.9 Å². The van der Waals surface area contributed by atoms with Crippen molar-refractivity contribution in [1.82, 2.24) is 0 Å². The van der Waals surface area contributed by atoms with Crippen molar-refractivity contribution < 1.29 is 5.11 Å². The van der Waals surface area contributed by atoms with E-state index in [1.165, 1.54) is 0 Å². The largest absolute Gasteiger partial charge is 0.388 e. The number of rotatable bonds is 1. The van der Waals surface area contributed by atoms with Crippen LogP contribution in [0.3, 0.4) is 0 Å². The van der Waals surface area contributed by atoms with Gasteiger partial charge in [0.2, 0.25) is 0 Å². The Labute approximate surface area is 150 Å². The lowest BCUT2D eigenvalue weighted by Crippen LogP contribution is -2.16. The molecule has 0 amide bonds. The number of fused-ring (bicyclic) bond motifs is 8. The zero-order valence-electron chi connectivity index (χ0n) is 13.9. The van der Waals surface area contributed by atoms with Gasteiger partial charge in [0.1, 0.15) is 0 Å². The quantitative estimate of drug-likeness (QED) is 0.195. The third kappa shape index (κ3) is 1.91. The van der Waals surface area contributed by atoms with E-state index < -0.39 is 12.1 Å². The number of aliphatic hydroxyl groups excluding tert-OH is 1. The first-order chi connectivity index (χ1) is 12.8. The lowest BCUT2D eigenvalue weighted by atomic mass is 9.76. The van der Waals surface area contributed by atoms with Gasteiger partial charge in [0, 0.05) is 4.91 Å². The molecule has 0 saturated carbocycles. The third-order valence-corrected chi connectivity index (χ3v) is 5.29. The van der Waals surface area contributed by atoms with Gasteiger partial charge in [-0.3, -0.25) is 0 Å². The van der Waals surface area contributed by atoms with Gasteiger partial charge >= 0.3 is 0 Å². The molecule has 1 aliphatic carbocycles. The summed E-state index contributed by atoms with van der Waals surface area (Å²) in [6.07, 6.45) is -0.862. The van der Waals surface area contributed by atoms with Gasteiger partial charge in [-0.05, 0) is 49.3 Å². The van der Waals surface area contributed by atoms with E-state index in [9.17, 15) is 5.11 Å². The van der Waals surface area contributed by atoms with Crippen molar-refractivity contribution in [1.29, 1.82) is 0 Å². The molecule has 0 unspecified atom stereocenters. The number of hydrogen-bond donors (Lipinski definition) is 1. The normalized spacial score (nSPS) is 18.2. The van der Waals surface area contributed by atoms with Crippen molar-refractivity contribution in [3.05, 3.63) is 94.4 Å². The van der Waals surface area contributed by atoms with Crippen LogP contribution in [0.5, 0.6) is 0 Å². The van der Waals surface area contributed by atoms with Crippen LogP contribution in [0.4, 0.5) is 0 Å². The molecule has 0 bridgehead atoms. The molecule has 4 aromatic carbocycles. The number of benzene rings is 4. The summed E-state index contributed by atoms with van der Waals surface area (Å²) < 4.78 is 0. The van der Waals surface area contributed by atoms with Crippen LogP contribution in [0.2, 0.25) is 0 Å². The lowest BCUT2D eigenvalue weighted by Gasteiger charge is -2.32. The molecule has 0 radical (unpaired) electrons. The van der Waals surface area contributed by atoms with Crippen molar-refractivity contribution in [3.63, 3.8) is 0 Å². The molecule has 0 saturated heterocycles. The van der Waals surface area contributed by atoms with Crippen molar-refractivity contribution in [2.45, 2.75) is 12.1 Å². The summed E-state index contributed by atoms with van der Waals surface area (Å²) >= 11 is 0. The van der Waals surface area contributed by atoms with Crippen molar-refractivity contribution in [3.8, 4) is 11.1 Å². The molecule has 0 aromatic heterocycles. The third-order valence-electron chi connectivity index (χ3n) is 5.29. The Kier molecular flexibility index (Phi) is 3.22. The zero-order valence-corrected chi connectivity index (χ0v) is 13.9. The van der Waals surface area contributed by atoms with E-state index in [1.54, 1.807) is 0 Å². The average Bonchev–Trinajstić information content (AvgIpc) is 2.70. The van der Waals surface area contributed by atoms with Gasteiger partial charge in [-0.2, -0.15) is 0 Å². The molecule has 5 rings (SSSR count). The topological polar surface area (TPSA) is 69.0 Å². The second-order valence-corrected chi connectivity index (χ2v) is 6.56. The van der Waals surface area contributed by atoms with Gasteiger partial charge in [0.25, 0.3) is 0 Å². The fourth-order valence-corrected chi connectivity index (χ4v) is 4.25. The highest BCUT2D eigenvalue weighted by molar-refractivity contribution is 6.16. The molecule has 2 atom stereocenters. The maximum absolute atomic E-state index is 11.0. The summed E-state index contributed by atoms with van der Waals surface area (Å²) in [4.78, 5) is 3.03. The molecule has 26 heavy (non-hydrogen) atoms. The smallest absolute Gasteiger partial charge is 0.0939 e. The first kappa shape index (κ1) is 15.0. The minimum atomic E-state index is -0.862. The molecule has 1 aliphatic rings. The molecule has 0 spiro atoms. The van der Waals surface area contributed by atoms with Crippen LogP contribution >= 0.6 is 0 Å². The molecule has 1 N–H and O–H groups in total. The Balaban J connectivity index is 2.08. The van der Waals surface area contributed by atoms with Gasteiger partial charge in [-0.25, -0.2) is 0 Å². The Morgan fingerprint density at radius 3 is 2.08 bits per heavy atom. The van der Waals surface area contributed by atoms with E-state index in [2.05, 4.69) is 28.2 Å². The second-order valence-electron chi connectivity index (χ2n) is 6.56. The standard InChI is InChI=1S/C22H15N3O/c23-25-24-21-20-16-10-4-2-8-14(16)13-7-1-3-9-15(13)19(20)17-11-5-6-12-18(17)22(21)26/h1-12,21-22,26H/t21-,22-/m1/s1. The van der Waals surface area contributed by atoms with Crippen molar-refractivity contribution in [2.24, 2.45) is 5.11 Å². The predicted octanol–water partition coefficient (Wildman–Crippen LogP) is 6.06. The van der Waals surface area contributed by atoms with Crippen molar-refractivity contribution >= 4 is 21.5 Å². The molecular formula is C22H15N3O. The van der Waals surface area contributed by atoms with Gasteiger partial charge in [-0.15, -0.1) is 0 Å². The zero-order chi connectivity index (χ0) is 17.7. The predicted molar refractivity (Wildman–Crippen MR) is 104 cm³/mol. The minimum Gasteiger partial charge on any atom is -0.388 e. The van der Waals surface area contributed by atoms with E-state index in [0.717, 1.165) is 43.8 Å². The lowest BCUT2D eigenvalue weighted by molar-refractivity contribution is 0.146. The average molecular weight is 337 g/mol. The molecule has 124 valence electrons. The van der Waals surface area contributed by atoms with Crippen molar-refractivity contribution in [2.75, 3.05) is 0 Å². The van der Waals surface area contributed by atoms with Gasteiger partial charge < -0.3 is 5.11 Å². The Morgan fingerprint density at radius 2 is 1.35 bits per heavy atom. The monoisotopic (exact) mass is 337 g/mol. The highest BCUT2D eigenvalue weighted by atomic mass is 16.3. The minimum absolute atomic E-state index is 0.653. The molecule has 4 nitrogen and oxygen atoms in total. The van der Waals surface area contributed by atoms with E-state index >= 15 is 0 Å². The molecule has 0 aliphatic heterocycles. The summed E-state index contributed by atoms with van der Waals surface area (Å²) in [5.74, 6) is 0. The summed E-state index contributed by atoms with van der Waals surface area (Å²) in [5.41, 5.74) is 12.9. The van der Waals surface area contributed by atoms with Crippen LogP contribution < -0.4 is 0 Å². The SMILES string of the molecule is [N-]=[N+]=N[C@@H]1c2c(c3ccccc3c3ccccc23)-c2ccccc2[C@H]1O. The maximum atomic E-state index is 11.0. The van der Waals surface area contributed by atoms with Crippen LogP contribution in [0.25, 0.3) is 43.1 Å². The molecule has 0 heterocycles. The molecule has 4 aromatic rings. The van der Waals surface area contributed by atoms with Crippen LogP contribution in [-0.4, -0.2) is 5.11 Å². The van der Waals surface area contributed by atoms with Crippen LogP contribution in [0.1, 0.15) is 23.3 Å². The van der Waals surface area contributed by atoms with E-state index in [1.807, 2.05) is 54.6 Å². The molecule has 0 fully saturated rings. The first-order valence-corrected chi connectivity index (χ1v) is 8.56. The Bertz CT molecular complexity index is 1220. The van der Waals surface area contributed by atoms with Crippen LogP contribution in [0.15, 0.2) is 77.9 Å². The maximum Gasteiger partial charge on any atom is 0.0939 e. The molecule has 4 heteroatoms. The number of nitrogens with zero attached hydrogens (tertiary/aromatic N) is 3. The summed E-state index contributed by atoms with van der Waals surface area (Å²) in [5, 5.41) is 19.4. The number of hydrogen-bond acceptors (Lipinski definition) is 2. The van der Waals surface area contributed by atoms with Gasteiger partial charge in [0.05, 0.1) is 12.1 Å². The summed E-state index contributed by atoms with van der Waals surface area (Å²) in [6.45, 7) is 0. The number of aliphatic hydroxyl groups is 1. The Hall–Kier alpha value is -3.33. The fraction of sp³-hybridized carbons (Fsp3) is 0.0909. The highest BCUT2D eigenvalue weighted by Gasteiger charge is 2.34. The highest BCUT2D eigenvalue weighted by Crippen LogP contribution is 2.52. The van der Waals surface area contributed by atoms with E-state index in [-0.39, 0.29) is 0 Å². The van der Waals surface area contributed by atoms with Crippen LogP contribution in [0, 0.1) is 0 Å².